The lowest BCUT2D eigenvalue weighted by atomic mass is 10.1. The molecule has 0 saturated carbocycles. The molecule has 2 amide bonds. The molecule has 8 heteroatoms. The van der Waals surface area contributed by atoms with Crippen LogP contribution >= 0.6 is 0 Å². The Hall–Kier alpha value is -4.20. The van der Waals surface area contributed by atoms with Crippen LogP contribution < -0.4 is 16.3 Å². The number of nitrogens with one attached hydrogen (secondary N) is 2. The predicted octanol–water partition coefficient (Wildman–Crippen LogP) is 3.54. The number of aryl methyl sites for hydroxylation is 2. The third-order valence-electron chi connectivity index (χ3n) is 4.97. The summed E-state index contributed by atoms with van der Waals surface area (Å²) in [4.78, 5) is 48.9. The smallest absolute Gasteiger partial charge is 0.342 e. The van der Waals surface area contributed by atoms with Crippen LogP contribution in [0.3, 0.4) is 0 Å². The molecule has 0 aliphatic carbocycles. The van der Waals surface area contributed by atoms with Crippen LogP contribution in [0.2, 0.25) is 0 Å². The first-order chi connectivity index (χ1) is 15.8. The first kappa shape index (κ1) is 23.5. The van der Waals surface area contributed by atoms with Crippen molar-refractivity contribution < 1.29 is 23.5 Å². The van der Waals surface area contributed by atoms with Crippen molar-refractivity contribution in [3.8, 4) is 0 Å². The quantitative estimate of drug-likeness (QED) is 0.534. The van der Waals surface area contributed by atoms with E-state index < -0.39 is 24.1 Å². The van der Waals surface area contributed by atoms with Crippen molar-refractivity contribution in [2.24, 2.45) is 0 Å². The molecule has 0 fully saturated rings. The SMILES string of the molecule is Cc1cc(=O)oc(C)c1C(=O)OCC(=O)Nc1ccccc1C(=O)NC(C)c1ccccc1. The number of amides is 2. The van der Waals surface area contributed by atoms with Crippen molar-refractivity contribution in [1.29, 1.82) is 0 Å². The van der Waals surface area contributed by atoms with Gasteiger partial charge < -0.3 is 19.8 Å². The number of carbonyl (C=O) groups is 3. The molecule has 1 unspecified atom stereocenters. The van der Waals surface area contributed by atoms with Crippen LogP contribution in [0.25, 0.3) is 0 Å². The Morgan fingerprint density at radius 1 is 1.00 bits per heavy atom. The Kier molecular flexibility index (Phi) is 7.40. The van der Waals surface area contributed by atoms with Crippen molar-refractivity contribution >= 4 is 23.5 Å². The molecule has 0 radical (unpaired) electrons. The lowest BCUT2D eigenvalue weighted by Gasteiger charge is -2.16. The minimum atomic E-state index is -0.786. The van der Waals surface area contributed by atoms with Crippen molar-refractivity contribution in [3.05, 3.63) is 99.1 Å². The third-order valence-corrected chi connectivity index (χ3v) is 4.97. The van der Waals surface area contributed by atoms with Crippen molar-refractivity contribution in [2.45, 2.75) is 26.8 Å². The van der Waals surface area contributed by atoms with Crippen molar-refractivity contribution in [3.63, 3.8) is 0 Å². The molecule has 3 aromatic rings. The molecule has 3 rings (SSSR count). The van der Waals surface area contributed by atoms with Gasteiger partial charge in [0.15, 0.2) is 6.61 Å². The van der Waals surface area contributed by atoms with Gasteiger partial charge in [0.2, 0.25) is 0 Å². The van der Waals surface area contributed by atoms with Gasteiger partial charge >= 0.3 is 11.6 Å². The molecule has 0 bridgehead atoms. The Morgan fingerprint density at radius 2 is 1.67 bits per heavy atom. The second-order valence-corrected chi connectivity index (χ2v) is 7.46. The van der Waals surface area contributed by atoms with Crippen LogP contribution in [-0.4, -0.2) is 24.4 Å². The van der Waals surface area contributed by atoms with Crippen molar-refractivity contribution in [1.82, 2.24) is 5.32 Å². The van der Waals surface area contributed by atoms with E-state index in [4.69, 9.17) is 9.15 Å². The monoisotopic (exact) mass is 448 g/mol. The van der Waals surface area contributed by atoms with Gasteiger partial charge in [-0.3, -0.25) is 9.59 Å². The first-order valence-electron chi connectivity index (χ1n) is 10.3. The first-order valence-corrected chi connectivity index (χ1v) is 10.3. The molecule has 0 saturated heterocycles. The van der Waals surface area contributed by atoms with E-state index in [1.54, 1.807) is 31.2 Å². The highest BCUT2D eigenvalue weighted by Gasteiger charge is 2.19. The van der Waals surface area contributed by atoms with Gasteiger partial charge in [-0.05, 0) is 44.0 Å². The maximum Gasteiger partial charge on any atom is 0.342 e. The Labute approximate surface area is 190 Å². The zero-order valence-electron chi connectivity index (χ0n) is 18.5. The highest BCUT2D eigenvalue weighted by Crippen LogP contribution is 2.18. The largest absolute Gasteiger partial charge is 0.452 e. The van der Waals surface area contributed by atoms with Crippen LogP contribution in [0.5, 0.6) is 0 Å². The topological polar surface area (TPSA) is 115 Å². The van der Waals surface area contributed by atoms with E-state index in [-0.39, 0.29) is 34.5 Å². The summed E-state index contributed by atoms with van der Waals surface area (Å²) in [5.41, 5.74) is 1.42. The summed E-state index contributed by atoms with van der Waals surface area (Å²) in [7, 11) is 0. The number of esters is 1. The fourth-order valence-electron chi connectivity index (χ4n) is 3.34. The number of anilines is 1. The van der Waals surface area contributed by atoms with Gasteiger partial charge in [0.05, 0.1) is 17.3 Å². The maximum absolute atomic E-state index is 12.8. The molecule has 0 aliphatic rings. The number of hydrogen-bond donors (Lipinski definition) is 2. The van der Waals surface area contributed by atoms with E-state index >= 15 is 0 Å². The molecule has 1 heterocycles. The van der Waals surface area contributed by atoms with Crippen LogP contribution in [0.15, 0.2) is 69.9 Å². The van der Waals surface area contributed by atoms with Crippen LogP contribution in [0.1, 0.15) is 50.6 Å². The molecule has 0 aliphatic heterocycles. The Balaban J connectivity index is 1.64. The van der Waals surface area contributed by atoms with E-state index in [0.29, 0.717) is 5.56 Å². The number of rotatable bonds is 7. The van der Waals surface area contributed by atoms with Gasteiger partial charge in [-0.15, -0.1) is 0 Å². The summed E-state index contributed by atoms with van der Waals surface area (Å²) in [5.74, 6) is -1.65. The fraction of sp³-hybridized carbons (Fsp3) is 0.200. The van der Waals surface area contributed by atoms with Gasteiger partial charge in [0.1, 0.15) is 11.3 Å². The lowest BCUT2D eigenvalue weighted by molar-refractivity contribution is -0.119. The normalized spacial score (nSPS) is 11.4. The van der Waals surface area contributed by atoms with E-state index in [9.17, 15) is 19.2 Å². The Morgan fingerprint density at radius 3 is 2.36 bits per heavy atom. The van der Waals surface area contributed by atoms with Gasteiger partial charge in [-0.1, -0.05) is 42.5 Å². The van der Waals surface area contributed by atoms with Gasteiger partial charge in [-0.2, -0.15) is 0 Å². The summed E-state index contributed by atoms with van der Waals surface area (Å²) in [6.07, 6.45) is 0. The minimum absolute atomic E-state index is 0.0945. The minimum Gasteiger partial charge on any atom is -0.452 e. The van der Waals surface area contributed by atoms with E-state index in [1.807, 2.05) is 37.3 Å². The Bertz CT molecular complexity index is 1210. The highest BCUT2D eigenvalue weighted by atomic mass is 16.5. The number of hydrogen-bond acceptors (Lipinski definition) is 6. The predicted molar refractivity (Wildman–Crippen MR) is 122 cm³/mol. The summed E-state index contributed by atoms with van der Waals surface area (Å²) >= 11 is 0. The number of carbonyl (C=O) groups excluding carboxylic acids is 3. The zero-order valence-corrected chi connectivity index (χ0v) is 18.5. The summed E-state index contributed by atoms with van der Waals surface area (Å²) in [5, 5.41) is 5.50. The second-order valence-electron chi connectivity index (χ2n) is 7.46. The summed E-state index contributed by atoms with van der Waals surface area (Å²) < 4.78 is 9.99. The molecule has 33 heavy (non-hydrogen) atoms. The molecule has 2 aromatic carbocycles. The molecular formula is C25H24N2O6. The third kappa shape index (κ3) is 5.94. The molecule has 1 aromatic heterocycles. The second kappa shape index (κ2) is 10.4. The van der Waals surface area contributed by atoms with E-state index in [0.717, 1.165) is 5.56 Å². The average Bonchev–Trinajstić information content (AvgIpc) is 2.78. The van der Waals surface area contributed by atoms with Crippen molar-refractivity contribution in [2.75, 3.05) is 11.9 Å². The number of ether oxygens (including phenoxy) is 1. The van der Waals surface area contributed by atoms with Gasteiger partial charge in [0, 0.05) is 6.07 Å². The average molecular weight is 448 g/mol. The maximum atomic E-state index is 12.8. The van der Waals surface area contributed by atoms with Crippen LogP contribution in [0, 0.1) is 13.8 Å². The van der Waals surface area contributed by atoms with E-state index in [1.165, 1.54) is 13.0 Å². The molecule has 0 spiro atoms. The van der Waals surface area contributed by atoms with E-state index in [2.05, 4.69) is 10.6 Å². The van der Waals surface area contributed by atoms with Crippen LogP contribution in [-0.2, 0) is 9.53 Å². The number of para-hydroxylation sites is 1. The highest BCUT2D eigenvalue weighted by molar-refractivity contribution is 6.04. The molecular weight excluding hydrogens is 424 g/mol. The molecule has 8 nitrogen and oxygen atoms in total. The summed E-state index contributed by atoms with van der Waals surface area (Å²) in [6, 6.07) is 17.0. The van der Waals surface area contributed by atoms with Gasteiger partial charge in [-0.25, -0.2) is 9.59 Å². The standard InChI is InChI=1S/C25H24N2O6/c1-15-13-22(29)33-17(3)23(15)25(31)32-14-21(28)27-20-12-8-7-11-19(20)24(30)26-16(2)18-9-5-4-6-10-18/h4-13,16H,14H2,1-3H3,(H,26,30)(H,27,28). The zero-order chi connectivity index (χ0) is 24.0. The van der Waals surface area contributed by atoms with Gasteiger partial charge in [0.25, 0.3) is 11.8 Å². The lowest BCUT2D eigenvalue weighted by Crippen LogP contribution is -2.28. The van der Waals surface area contributed by atoms with Crippen LogP contribution in [0.4, 0.5) is 5.69 Å². The molecule has 1 atom stereocenters. The molecule has 170 valence electrons. The molecule has 2 N–H and O–H groups in total. The number of benzene rings is 2. The summed E-state index contributed by atoms with van der Waals surface area (Å²) in [6.45, 7) is 4.33. The fourth-order valence-corrected chi connectivity index (χ4v) is 3.34.